The van der Waals surface area contributed by atoms with Crippen molar-refractivity contribution in [2.24, 2.45) is 0 Å². The van der Waals surface area contributed by atoms with E-state index in [1.54, 1.807) is 11.0 Å². The number of benzene rings is 2. The average Bonchev–Trinajstić information content (AvgIpc) is 2.93. The Bertz CT molecular complexity index is 937. The molecule has 0 aliphatic carbocycles. The van der Waals surface area contributed by atoms with E-state index in [0.29, 0.717) is 19.5 Å². The van der Waals surface area contributed by atoms with Crippen LogP contribution in [0.4, 0.5) is 10.1 Å². The maximum atomic E-state index is 13.9. The minimum Gasteiger partial charge on any atom is -0.337 e. The van der Waals surface area contributed by atoms with Crippen LogP contribution >= 0.6 is 11.6 Å². The second-order valence-electron chi connectivity index (χ2n) is 6.34. The predicted octanol–water partition coefficient (Wildman–Crippen LogP) is 3.38. The summed E-state index contributed by atoms with van der Waals surface area (Å²) in [7, 11) is 0. The van der Waals surface area contributed by atoms with Crippen LogP contribution in [0.15, 0.2) is 42.5 Å². The largest absolute Gasteiger partial charge is 0.337 e. The number of rotatable bonds is 3. The van der Waals surface area contributed by atoms with Crippen molar-refractivity contribution in [1.29, 1.82) is 0 Å². The Morgan fingerprint density at radius 1 is 0.964 bits per heavy atom. The van der Waals surface area contributed by atoms with Crippen molar-refractivity contribution in [3.05, 3.63) is 74.5 Å². The zero-order valence-electron chi connectivity index (χ0n) is 14.8. The summed E-state index contributed by atoms with van der Waals surface area (Å²) in [5, 5.41) is 10.8. The van der Waals surface area contributed by atoms with Gasteiger partial charge in [-0.1, -0.05) is 23.7 Å². The van der Waals surface area contributed by atoms with Crippen molar-refractivity contribution in [3.8, 4) is 0 Å². The maximum absolute atomic E-state index is 13.9. The Balaban J connectivity index is 1.71. The van der Waals surface area contributed by atoms with E-state index >= 15 is 0 Å². The number of non-ortho nitro benzene ring substituents is 1. The van der Waals surface area contributed by atoms with Gasteiger partial charge in [-0.2, -0.15) is 0 Å². The fourth-order valence-corrected chi connectivity index (χ4v) is 3.35. The highest BCUT2D eigenvalue weighted by Gasteiger charge is 2.26. The Hall–Kier alpha value is -3.00. The number of nitro benzene ring substituents is 1. The van der Waals surface area contributed by atoms with Gasteiger partial charge in [-0.3, -0.25) is 19.7 Å². The van der Waals surface area contributed by atoms with Crippen molar-refractivity contribution in [2.75, 3.05) is 26.2 Å². The van der Waals surface area contributed by atoms with Gasteiger partial charge in [0.2, 0.25) is 0 Å². The molecule has 1 saturated heterocycles. The second kappa shape index (κ2) is 8.35. The highest BCUT2D eigenvalue weighted by Crippen LogP contribution is 2.24. The fourth-order valence-electron chi connectivity index (χ4n) is 3.09. The molecule has 0 radical (unpaired) electrons. The molecule has 0 atom stereocenters. The van der Waals surface area contributed by atoms with Crippen LogP contribution < -0.4 is 0 Å². The van der Waals surface area contributed by atoms with E-state index in [-0.39, 0.29) is 40.8 Å². The maximum Gasteiger partial charge on any atom is 0.270 e. The van der Waals surface area contributed by atoms with Gasteiger partial charge < -0.3 is 9.80 Å². The Kier molecular flexibility index (Phi) is 5.89. The number of nitrogens with zero attached hydrogens (tertiary/aromatic N) is 3. The molecule has 0 spiro atoms. The zero-order valence-corrected chi connectivity index (χ0v) is 15.6. The van der Waals surface area contributed by atoms with Crippen LogP contribution in [0.2, 0.25) is 5.02 Å². The van der Waals surface area contributed by atoms with Crippen molar-refractivity contribution in [3.63, 3.8) is 0 Å². The van der Waals surface area contributed by atoms with Crippen LogP contribution in [0.5, 0.6) is 0 Å². The van der Waals surface area contributed by atoms with E-state index in [2.05, 4.69) is 0 Å². The summed E-state index contributed by atoms with van der Waals surface area (Å²) in [6.07, 6.45) is 0.524. The molecular weight excluding hydrogens is 389 g/mol. The zero-order chi connectivity index (χ0) is 20.3. The van der Waals surface area contributed by atoms with Gasteiger partial charge in [0.15, 0.2) is 0 Å². The number of nitro groups is 1. The van der Waals surface area contributed by atoms with Crippen LogP contribution in [-0.2, 0) is 0 Å². The van der Waals surface area contributed by atoms with Gasteiger partial charge in [0, 0.05) is 38.3 Å². The summed E-state index contributed by atoms with van der Waals surface area (Å²) in [6, 6.07) is 9.48. The van der Waals surface area contributed by atoms with Crippen molar-refractivity contribution in [2.45, 2.75) is 6.42 Å². The topological polar surface area (TPSA) is 83.8 Å². The summed E-state index contributed by atoms with van der Waals surface area (Å²) in [6.45, 7) is 1.30. The first-order valence-corrected chi connectivity index (χ1v) is 9.03. The number of carbonyl (C=O) groups is 2. The summed E-state index contributed by atoms with van der Waals surface area (Å²) in [5.41, 5.74) is -0.0269. The van der Waals surface area contributed by atoms with Gasteiger partial charge in [0.05, 0.1) is 21.1 Å². The molecular formula is C19H17ClFN3O4. The third-order valence-corrected chi connectivity index (χ3v) is 4.88. The van der Waals surface area contributed by atoms with Crippen LogP contribution in [0.1, 0.15) is 27.1 Å². The van der Waals surface area contributed by atoms with E-state index in [1.807, 2.05) is 0 Å². The Morgan fingerprint density at radius 2 is 1.57 bits per heavy atom. The van der Waals surface area contributed by atoms with Gasteiger partial charge in [-0.05, 0) is 24.6 Å². The lowest BCUT2D eigenvalue weighted by atomic mass is 10.1. The van der Waals surface area contributed by atoms with Gasteiger partial charge in [-0.25, -0.2) is 4.39 Å². The predicted molar refractivity (Wildman–Crippen MR) is 101 cm³/mol. The molecule has 2 amide bonds. The number of carbonyl (C=O) groups excluding carboxylic acids is 2. The van der Waals surface area contributed by atoms with Gasteiger partial charge in [-0.15, -0.1) is 0 Å². The van der Waals surface area contributed by atoms with Crippen LogP contribution in [0, 0.1) is 15.9 Å². The minimum absolute atomic E-state index is 0.000639. The highest BCUT2D eigenvalue weighted by molar-refractivity contribution is 6.34. The molecule has 2 aromatic rings. The molecule has 1 aliphatic rings. The van der Waals surface area contributed by atoms with Gasteiger partial charge in [0.25, 0.3) is 17.5 Å². The number of hydrogen-bond acceptors (Lipinski definition) is 4. The van der Waals surface area contributed by atoms with E-state index in [4.69, 9.17) is 11.6 Å². The smallest absolute Gasteiger partial charge is 0.270 e. The molecule has 0 saturated carbocycles. The third kappa shape index (κ3) is 4.12. The SMILES string of the molecule is O=C(c1ccccc1F)N1CCCN(C(=O)c2ccc([N+](=O)[O-])cc2Cl)CC1. The quantitative estimate of drug-likeness (QED) is 0.579. The molecule has 1 aliphatic heterocycles. The molecule has 0 bridgehead atoms. The minimum atomic E-state index is -0.585. The van der Waals surface area contributed by atoms with Crippen molar-refractivity contribution < 1.29 is 18.9 Å². The van der Waals surface area contributed by atoms with Crippen molar-refractivity contribution >= 4 is 29.1 Å². The molecule has 3 rings (SSSR count). The molecule has 0 unspecified atom stereocenters. The van der Waals surface area contributed by atoms with Crippen LogP contribution in [0.3, 0.4) is 0 Å². The van der Waals surface area contributed by atoms with E-state index in [1.165, 1.54) is 35.2 Å². The molecule has 2 aromatic carbocycles. The van der Waals surface area contributed by atoms with Gasteiger partial charge >= 0.3 is 0 Å². The van der Waals surface area contributed by atoms with Crippen molar-refractivity contribution in [1.82, 2.24) is 9.80 Å². The summed E-state index contributed by atoms with van der Waals surface area (Å²) in [4.78, 5) is 38.6. The molecule has 1 fully saturated rings. The monoisotopic (exact) mass is 405 g/mol. The van der Waals surface area contributed by atoms with Gasteiger partial charge in [0.1, 0.15) is 5.82 Å². The van der Waals surface area contributed by atoms with E-state index in [0.717, 1.165) is 6.07 Å². The third-order valence-electron chi connectivity index (χ3n) is 4.57. The molecule has 0 N–H and O–H groups in total. The molecule has 146 valence electrons. The molecule has 9 heteroatoms. The Morgan fingerprint density at radius 3 is 2.14 bits per heavy atom. The number of amides is 2. The average molecular weight is 406 g/mol. The standard InChI is InChI=1S/C19H17ClFN3O4/c20-16-12-13(24(27)28)6-7-14(16)18(25)22-8-3-9-23(11-10-22)19(26)15-4-1-2-5-17(15)21/h1-2,4-7,12H,3,8-11H2. The lowest BCUT2D eigenvalue weighted by molar-refractivity contribution is -0.384. The normalized spacial score (nSPS) is 14.5. The molecule has 28 heavy (non-hydrogen) atoms. The first-order chi connectivity index (χ1) is 13.4. The molecule has 1 heterocycles. The number of hydrogen-bond donors (Lipinski definition) is 0. The van der Waals surface area contributed by atoms with Crippen LogP contribution in [0.25, 0.3) is 0 Å². The summed E-state index contributed by atoms with van der Waals surface area (Å²) >= 11 is 6.05. The van der Waals surface area contributed by atoms with E-state index in [9.17, 15) is 24.1 Å². The lowest BCUT2D eigenvalue weighted by Gasteiger charge is -2.22. The second-order valence-corrected chi connectivity index (χ2v) is 6.75. The summed E-state index contributed by atoms with van der Waals surface area (Å²) < 4.78 is 13.9. The highest BCUT2D eigenvalue weighted by atomic mass is 35.5. The number of halogens is 2. The van der Waals surface area contributed by atoms with E-state index < -0.39 is 16.6 Å². The summed E-state index contributed by atoms with van der Waals surface area (Å²) in [5.74, 6) is -1.36. The first kappa shape index (κ1) is 19.8. The Labute approximate surface area is 165 Å². The first-order valence-electron chi connectivity index (χ1n) is 8.65. The molecule has 0 aromatic heterocycles. The fraction of sp³-hybridized carbons (Fsp3) is 0.263. The van der Waals surface area contributed by atoms with Crippen LogP contribution in [-0.4, -0.2) is 52.7 Å². The molecule has 7 nitrogen and oxygen atoms in total. The lowest BCUT2D eigenvalue weighted by Crippen LogP contribution is -2.37.